The molecule has 1 aromatic rings. The van der Waals surface area contributed by atoms with Crippen molar-refractivity contribution in [1.82, 2.24) is 5.32 Å². The van der Waals surface area contributed by atoms with Gasteiger partial charge in [-0.05, 0) is 36.3 Å². The molecule has 0 aliphatic rings. The molecule has 84 valence electrons. The van der Waals surface area contributed by atoms with Crippen molar-refractivity contribution < 1.29 is 0 Å². The van der Waals surface area contributed by atoms with E-state index in [2.05, 4.69) is 30.6 Å². The van der Waals surface area contributed by atoms with Crippen LogP contribution in [0.3, 0.4) is 0 Å². The summed E-state index contributed by atoms with van der Waals surface area (Å²) < 4.78 is 0. The van der Waals surface area contributed by atoms with Gasteiger partial charge in [0.1, 0.15) is 0 Å². The maximum atomic E-state index is 8.75. The first kappa shape index (κ1) is 12.5. The first-order chi connectivity index (χ1) is 7.61. The second kappa shape index (κ2) is 6.09. The fraction of sp³-hybridized carbons (Fsp3) is 0.333. The van der Waals surface area contributed by atoms with Crippen molar-refractivity contribution in [2.24, 2.45) is 5.92 Å². The summed E-state index contributed by atoms with van der Waals surface area (Å²) in [6.45, 7) is 5.07. The average molecular weight is 233 g/mol. The maximum Gasteiger partial charge on any atom is 0.170 e. The molecule has 0 saturated carbocycles. The first-order valence-corrected chi connectivity index (χ1v) is 5.57. The molecule has 2 N–H and O–H groups in total. The summed E-state index contributed by atoms with van der Waals surface area (Å²) in [5, 5.41) is 15.5. The molecule has 1 rings (SSSR count). The highest BCUT2D eigenvalue weighted by atomic mass is 32.1. The Bertz CT molecular complexity index is 407. The van der Waals surface area contributed by atoms with Crippen molar-refractivity contribution in [3.8, 4) is 6.07 Å². The molecular weight excluding hydrogens is 218 g/mol. The SMILES string of the molecule is CC(C)CNC(=S)Nc1cccc(C#N)c1. The highest BCUT2D eigenvalue weighted by molar-refractivity contribution is 7.80. The number of rotatable bonds is 3. The number of thiocarbonyl (C=S) groups is 1. The predicted molar refractivity (Wildman–Crippen MR) is 70.2 cm³/mol. The Labute approximate surface area is 101 Å². The Hall–Kier alpha value is -1.60. The van der Waals surface area contributed by atoms with Crippen LogP contribution in [0.4, 0.5) is 5.69 Å². The highest BCUT2D eigenvalue weighted by Gasteiger charge is 1.99. The number of hydrogen-bond acceptors (Lipinski definition) is 2. The van der Waals surface area contributed by atoms with E-state index in [1.54, 1.807) is 12.1 Å². The van der Waals surface area contributed by atoms with E-state index in [4.69, 9.17) is 17.5 Å². The minimum absolute atomic E-state index is 0.546. The summed E-state index contributed by atoms with van der Waals surface area (Å²) >= 11 is 5.13. The highest BCUT2D eigenvalue weighted by Crippen LogP contribution is 2.09. The minimum Gasteiger partial charge on any atom is -0.362 e. The molecule has 0 aliphatic carbocycles. The molecule has 1 aromatic carbocycles. The molecule has 3 nitrogen and oxygen atoms in total. The number of hydrogen-bond donors (Lipinski definition) is 2. The zero-order valence-corrected chi connectivity index (χ0v) is 10.3. The van der Waals surface area contributed by atoms with Gasteiger partial charge in [0.25, 0.3) is 0 Å². The quantitative estimate of drug-likeness (QED) is 0.788. The summed E-state index contributed by atoms with van der Waals surface area (Å²) in [5.41, 5.74) is 1.46. The Kier molecular flexibility index (Phi) is 4.74. The third-order valence-electron chi connectivity index (χ3n) is 1.92. The van der Waals surface area contributed by atoms with Gasteiger partial charge in [0, 0.05) is 12.2 Å². The molecule has 0 radical (unpaired) electrons. The van der Waals surface area contributed by atoms with E-state index >= 15 is 0 Å². The predicted octanol–water partition coefficient (Wildman–Crippen LogP) is 2.50. The third kappa shape index (κ3) is 4.28. The molecule has 16 heavy (non-hydrogen) atoms. The zero-order valence-electron chi connectivity index (χ0n) is 9.45. The normalized spacial score (nSPS) is 9.62. The number of anilines is 1. The lowest BCUT2D eigenvalue weighted by Crippen LogP contribution is -2.31. The van der Waals surface area contributed by atoms with Crippen molar-refractivity contribution in [1.29, 1.82) is 5.26 Å². The van der Waals surface area contributed by atoms with Gasteiger partial charge in [-0.15, -0.1) is 0 Å². The van der Waals surface area contributed by atoms with Crippen LogP contribution in [0.5, 0.6) is 0 Å². The Morgan fingerprint density at radius 1 is 1.50 bits per heavy atom. The van der Waals surface area contributed by atoms with Crippen LogP contribution in [0.15, 0.2) is 24.3 Å². The van der Waals surface area contributed by atoms with Crippen molar-refractivity contribution in [3.05, 3.63) is 29.8 Å². The Morgan fingerprint density at radius 3 is 2.88 bits per heavy atom. The molecule has 0 unspecified atom stereocenters. The number of nitriles is 1. The van der Waals surface area contributed by atoms with Gasteiger partial charge >= 0.3 is 0 Å². The minimum atomic E-state index is 0.546. The van der Waals surface area contributed by atoms with Crippen molar-refractivity contribution in [3.63, 3.8) is 0 Å². The summed E-state index contributed by atoms with van der Waals surface area (Å²) in [5.74, 6) is 0.546. The van der Waals surface area contributed by atoms with E-state index in [1.807, 2.05) is 12.1 Å². The van der Waals surface area contributed by atoms with Crippen LogP contribution < -0.4 is 10.6 Å². The van der Waals surface area contributed by atoms with Crippen LogP contribution >= 0.6 is 12.2 Å². The molecule has 0 heterocycles. The smallest absolute Gasteiger partial charge is 0.170 e. The molecule has 0 spiro atoms. The maximum absolute atomic E-state index is 8.75. The van der Waals surface area contributed by atoms with Crippen molar-refractivity contribution in [2.45, 2.75) is 13.8 Å². The standard InChI is InChI=1S/C12H15N3S/c1-9(2)8-14-12(16)15-11-5-3-4-10(6-11)7-13/h3-6,9H,8H2,1-2H3,(H2,14,15,16). The van der Waals surface area contributed by atoms with E-state index in [1.165, 1.54) is 0 Å². The van der Waals surface area contributed by atoms with Crippen LogP contribution in [-0.2, 0) is 0 Å². The molecule has 4 heteroatoms. The van der Waals surface area contributed by atoms with Crippen molar-refractivity contribution in [2.75, 3.05) is 11.9 Å². The average Bonchev–Trinajstić information content (AvgIpc) is 2.26. The van der Waals surface area contributed by atoms with Crippen LogP contribution in [0, 0.1) is 17.2 Å². The Morgan fingerprint density at radius 2 is 2.25 bits per heavy atom. The van der Waals surface area contributed by atoms with E-state index < -0.39 is 0 Å². The second-order valence-electron chi connectivity index (χ2n) is 3.92. The lowest BCUT2D eigenvalue weighted by molar-refractivity contribution is 0.627. The fourth-order valence-corrected chi connectivity index (χ4v) is 1.34. The van der Waals surface area contributed by atoms with Crippen molar-refractivity contribution >= 4 is 23.0 Å². The van der Waals surface area contributed by atoms with E-state index in [-0.39, 0.29) is 0 Å². The summed E-state index contributed by atoms with van der Waals surface area (Å²) in [6, 6.07) is 9.32. The summed E-state index contributed by atoms with van der Waals surface area (Å²) in [4.78, 5) is 0. The van der Waals surface area contributed by atoms with Gasteiger partial charge in [0.05, 0.1) is 11.6 Å². The van der Waals surface area contributed by atoms with Crippen LogP contribution in [0.25, 0.3) is 0 Å². The molecule has 0 aliphatic heterocycles. The Balaban J connectivity index is 2.53. The van der Waals surface area contributed by atoms with Gasteiger partial charge in [-0.25, -0.2) is 0 Å². The van der Waals surface area contributed by atoms with Crippen LogP contribution in [-0.4, -0.2) is 11.7 Å². The number of benzene rings is 1. The first-order valence-electron chi connectivity index (χ1n) is 5.17. The largest absolute Gasteiger partial charge is 0.362 e. The monoisotopic (exact) mass is 233 g/mol. The zero-order chi connectivity index (χ0) is 12.0. The molecule has 0 fully saturated rings. The lowest BCUT2D eigenvalue weighted by Gasteiger charge is -2.12. The van der Waals surface area contributed by atoms with E-state index in [9.17, 15) is 0 Å². The molecule has 0 amide bonds. The molecule has 0 saturated heterocycles. The fourth-order valence-electron chi connectivity index (χ4n) is 1.14. The lowest BCUT2D eigenvalue weighted by atomic mass is 10.2. The topological polar surface area (TPSA) is 47.8 Å². The molecule has 0 bridgehead atoms. The van der Waals surface area contributed by atoms with E-state index in [0.29, 0.717) is 16.6 Å². The molecular formula is C12H15N3S. The third-order valence-corrected chi connectivity index (χ3v) is 2.17. The molecule has 0 atom stereocenters. The van der Waals surface area contributed by atoms with Gasteiger partial charge in [0.15, 0.2) is 5.11 Å². The van der Waals surface area contributed by atoms with Gasteiger partial charge in [-0.3, -0.25) is 0 Å². The summed E-state index contributed by atoms with van der Waals surface area (Å²) in [7, 11) is 0. The summed E-state index contributed by atoms with van der Waals surface area (Å²) in [6.07, 6.45) is 0. The number of nitrogens with zero attached hydrogens (tertiary/aromatic N) is 1. The number of nitrogens with one attached hydrogen (secondary N) is 2. The van der Waals surface area contributed by atoms with Gasteiger partial charge in [-0.1, -0.05) is 19.9 Å². The second-order valence-corrected chi connectivity index (χ2v) is 4.33. The van der Waals surface area contributed by atoms with Gasteiger partial charge in [0.2, 0.25) is 0 Å². The van der Waals surface area contributed by atoms with E-state index in [0.717, 1.165) is 12.2 Å². The van der Waals surface area contributed by atoms with Crippen LogP contribution in [0.2, 0.25) is 0 Å². The van der Waals surface area contributed by atoms with Crippen LogP contribution in [0.1, 0.15) is 19.4 Å². The van der Waals surface area contributed by atoms with Gasteiger partial charge < -0.3 is 10.6 Å². The molecule has 0 aromatic heterocycles. The van der Waals surface area contributed by atoms with Gasteiger partial charge in [-0.2, -0.15) is 5.26 Å².